The molecule has 0 radical (unpaired) electrons. The number of hydrogen-bond donors (Lipinski definition) is 2. The number of carboxylic acids is 2. The second-order valence-electron chi connectivity index (χ2n) is 12.3. The fourth-order valence-corrected chi connectivity index (χ4v) is 6.32. The average Bonchev–Trinajstić information content (AvgIpc) is 3.65. The Labute approximate surface area is 335 Å². The highest BCUT2D eigenvalue weighted by Gasteiger charge is 2.28. The van der Waals surface area contributed by atoms with E-state index in [0.29, 0.717) is 50.1 Å². The fraction of sp³-hybridized carbons (Fsp3) is 0.182. The Morgan fingerprint density at radius 3 is 1.95 bits per heavy atom. The molecule has 2 aromatic rings. The van der Waals surface area contributed by atoms with Crippen LogP contribution in [0.15, 0.2) is 119 Å². The van der Waals surface area contributed by atoms with E-state index in [4.69, 9.17) is 17.9 Å². The number of amides is 1. The molecule has 14 nitrogen and oxygen atoms in total. The number of nitriles is 4. The van der Waals surface area contributed by atoms with Crippen LogP contribution in [-0.4, -0.2) is 70.8 Å². The van der Waals surface area contributed by atoms with Gasteiger partial charge in [-0.3, -0.25) is 0 Å². The normalized spacial score (nSPS) is 15.6. The average molecular weight is 770 g/mol. The molecule has 14 heteroatoms. The summed E-state index contributed by atoms with van der Waals surface area (Å²) in [5.74, 6) is -2.31. The molecule has 0 aromatic heterocycles. The molecule has 0 bridgehead atoms. The number of carbonyl (C=O) groups excluding carboxylic acids is 1. The Balaban J connectivity index is 1.79. The zero-order valence-corrected chi connectivity index (χ0v) is 31.1. The molecule has 58 heavy (non-hydrogen) atoms. The quantitative estimate of drug-likeness (QED) is 0.123. The number of nitrogens with zero attached hydrogens (tertiary/aromatic N) is 8. The van der Waals surface area contributed by atoms with Gasteiger partial charge in [-0.05, 0) is 60.8 Å². The van der Waals surface area contributed by atoms with E-state index in [9.17, 15) is 45.6 Å². The molecule has 0 saturated carbocycles. The van der Waals surface area contributed by atoms with Gasteiger partial charge < -0.3 is 24.7 Å². The van der Waals surface area contributed by atoms with Crippen LogP contribution < -0.4 is 0 Å². The summed E-state index contributed by atoms with van der Waals surface area (Å²) in [6.07, 6.45) is 10.6. The molecule has 1 fully saturated rings. The predicted octanol–water partition coefficient (Wildman–Crippen LogP) is 7.50. The van der Waals surface area contributed by atoms with Gasteiger partial charge in [0.2, 0.25) is 6.04 Å². The van der Waals surface area contributed by atoms with E-state index in [1.54, 1.807) is 24.0 Å². The first-order chi connectivity index (χ1) is 28.0. The van der Waals surface area contributed by atoms with Gasteiger partial charge in [-0.1, -0.05) is 54.1 Å². The van der Waals surface area contributed by atoms with Crippen molar-refractivity contribution < 1.29 is 29.3 Å². The minimum absolute atomic E-state index is 0.00416. The zero-order valence-electron chi connectivity index (χ0n) is 31.1. The van der Waals surface area contributed by atoms with Crippen molar-refractivity contribution >= 4 is 29.2 Å². The minimum Gasteiger partial charge on any atom is -0.478 e. The second-order valence-corrected chi connectivity index (χ2v) is 12.3. The van der Waals surface area contributed by atoms with E-state index < -0.39 is 18.0 Å². The first kappa shape index (κ1) is 42.2. The summed E-state index contributed by atoms with van der Waals surface area (Å²) < 4.78 is 5.18. The summed E-state index contributed by atoms with van der Waals surface area (Å²) in [6.45, 7) is 18.8. The Morgan fingerprint density at radius 1 is 0.845 bits per heavy atom. The van der Waals surface area contributed by atoms with Crippen molar-refractivity contribution in [2.24, 2.45) is 0 Å². The molecule has 2 aromatic carbocycles. The molecule has 1 aliphatic heterocycles. The van der Waals surface area contributed by atoms with Gasteiger partial charge in [-0.15, -0.1) is 23.8 Å². The standard InChI is InChI=1S/C44H33N8O6/c1-4-58-44(57)52-23-21-51(22-24-52)41-31(7-5-9-35(25-45)39(37(27-47)49-2)29-11-17-33(18-12-29)42(53)54)15-16-32(41)8-6-10-36(26-46)40(38(28-48)50-3)30-13-19-34(20-14-30)43(55)56/h5-14,17-20H,4,15-16,21-24H2,1H3,(H,53,54)(H,55,56)/q-1/b7-5+,10-6+,32-8+,35-9+,39-37+,40-36+. The minimum atomic E-state index is -1.16. The van der Waals surface area contributed by atoms with Crippen molar-refractivity contribution in [2.75, 3.05) is 32.8 Å². The van der Waals surface area contributed by atoms with Crippen molar-refractivity contribution in [1.82, 2.24) is 9.80 Å². The van der Waals surface area contributed by atoms with Gasteiger partial charge >= 0.3 is 18.0 Å². The maximum atomic E-state index is 12.5. The first-order valence-corrected chi connectivity index (χ1v) is 17.6. The smallest absolute Gasteiger partial charge is 0.409 e. The Hall–Kier alpha value is -8.56. The molecule has 4 rings (SSSR count). The third-order valence-electron chi connectivity index (χ3n) is 9.04. The van der Waals surface area contributed by atoms with Gasteiger partial charge in [-0.25, -0.2) is 39.9 Å². The number of aromatic carboxylic acids is 2. The zero-order chi connectivity index (χ0) is 42.2. The van der Waals surface area contributed by atoms with Gasteiger partial charge in [-0.2, -0.15) is 10.8 Å². The summed E-state index contributed by atoms with van der Waals surface area (Å²) in [4.78, 5) is 45.6. The van der Waals surface area contributed by atoms with E-state index >= 15 is 0 Å². The fourth-order valence-electron chi connectivity index (χ4n) is 6.32. The lowest BCUT2D eigenvalue weighted by Crippen LogP contribution is -2.48. The topological polar surface area (TPSA) is 211 Å². The van der Waals surface area contributed by atoms with Crippen molar-refractivity contribution in [3.63, 3.8) is 0 Å². The van der Waals surface area contributed by atoms with Crippen LogP contribution >= 0.6 is 0 Å². The molecule has 1 saturated heterocycles. The molecule has 286 valence electrons. The predicted molar refractivity (Wildman–Crippen MR) is 210 cm³/mol. The van der Waals surface area contributed by atoms with Gasteiger partial charge in [0.05, 0.1) is 54.7 Å². The van der Waals surface area contributed by atoms with E-state index in [-0.39, 0.29) is 51.8 Å². The number of ether oxygens (including phenoxy) is 1. The Bertz CT molecular complexity index is 2420. The van der Waals surface area contributed by atoms with Crippen LogP contribution in [0.4, 0.5) is 4.79 Å². The lowest BCUT2D eigenvalue weighted by atomic mass is 9.93. The highest BCUT2D eigenvalue weighted by molar-refractivity contribution is 5.92. The second kappa shape index (κ2) is 20.2. The number of carboxylic acid groups (broad SMARTS) is 2. The molecule has 1 heterocycles. The first-order valence-electron chi connectivity index (χ1n) is 17.6. The molecule has 0 spiro atoms. The molecular weight excluding hydrogens is 737 g/mol. The number of hydrogen-bond acceptors (Lipinski definition) is 9. The van der Waals surface area contributed by atoms with Gasteiger partial charge in [0, 0.05) is 37.4 Å². The third-order valence-corrected chi connectivity index (χ3v) is 9.04. The van der Waals surface area contributed by atoms with Crippen LogP contribution in [0.5, 0.6) is 0 Å². The van der Waals surface area contributed by atoms with Crippen LogP contribution in [0, 0.1) is 64.5 Å². The van der Waals surface area contributed by atoms with Gasteiger partial charge in [0.15, 0.2) is 0 Å². The Kier molecular flexibility index (Phi) is 14.7. The van der Waals surface area contributed by atoms with Crippen LogP contribution in [-0.2, 0) is 4.74 Å². The number of piperazine rings is 1. The van der Waals surface area contributed by atoms with Crippen LogP contribution in [0.1, 0.15) is 51.6 Å². The monoisotopic (exact) mass is 769 g/mol. The molecular formula is C44H33N8O6-. The maximum absolute atomic E-state index is 12.5. The largest absolute Gasteiger partial charge is 0.478 e. The van der Waals surface area contributed by atoms with Crippen molar-refractivity contribution in [2.45, 2.75) is 19.8 Å². The number of carbonyl (C=O) groups is 3. The third kappa shape index (κ3) is 9.94. The lowest BCUT2D eigenvalue weighted by Gasteiger charge is -2.37. The maximum Gasteiger partial charge on any atom is 0.409 e. The SMILES string of the molecule is [C-]#[N+]/C(C#N)=C(/C(C#N)=C/C=C/C1=C(N2CCN(C(=O)OCC)CC2)C(=C/C=C/C(C#N)=C(/c2ccc(C(=O)O)cc2)[C-](C#N)[N+]#[C-])/CC1)c1ccc(C(=O)O)cc1. The highest BCUT2D eigenvalue weighted by Crippen LogP contribution is 2.36. The summed E-state index contributed by atoms with van der Waals surface area (Å²) in [5, 5.41) is 58.4. The Morgan fingerprint density at radius 2 is 1.45 bits per heavy atom. The van der Waals surface area contributed by atoms with Crippen LogP contribution in [0.3, 0.4) is 0 Å². The number of benzene rings is 2. The molecule has 1 amide bonds. The molecule has 2 aliphatic rings. The highest BCUT2D eigenvalue weighted by atomic mass is 16.6. The number of allylic oxidation sites excluding steroid dienone is 12. The van der Waals surface area contributed by atoms with E-state index in [1.165, 1.54) is 60.7 Å². The number of rotatable bonds is 12. The van der Waals surface area contributed by atoms with Crippen molar-refractivity contribution in [3.05, 3.63) is 170 Å². The summed E-state index contributed by atoms with van der Waals surface area (Å²) in [5.41, 5.74) is 3.01. The summed E-state index contributed by atoms with van der Waals surface area (Å²) in [7, 11) is 0. The lowest BCUT2D eigenvalue weighted by molar-refractivity contribution is 0.0686. The van der Waals surface area contributed by atoms with E-state index in [1.807, 2.05) is 24.3 Å². The summed E-state index contributed by atoms with van der Waals surface area (Å²) >= 11 is 0. The summed E-state index contributed by atoms with van der Waals surface area (Å²) in [6, 6.07) is 18.4. The van der Waals surface area contributed by atoms with Crippen LogP contribution in [0.25, 0.3) is 20.8 Å². The van der Waals surface area contributed by atoms with Gasteiger partial charge in [0.1, 0.15) is 0 Å². The molecule has 0 unspecified atom stereocenters. The van der Waals surface area contributed by atoms with Crippen molar-refractivity contribution in [1.29, 1.82) is 21.0 Å². The van der Waals surface area contributed by atoms with E-state index in [2.05, 4.69) is 26.7 Å². The molecule has 1 aliphatic carbocycles. The van der Waals surface area contributed by atoms with Crippen molar-refractivity contribution in [3.8, 4) is 24.3 Å². The molecule has 2 N–H and O–H groups in total. The molecule has 0 atom stereocenters. The van der Waals surface area contributed by atoms with E-state index in [0.717, 1.165) is 16.8 Å². The van der Waals surface area contributed by atoms with Gasteiger partial charge in [0.25, 0.3) is 5.70 Å². The van der Waals surface area contributed by atoms with Crippen LogP contribution in [0.2, 0.25) is 0 Å².